The van der Waals surface area contributed by atoms with Crippen LogP contribution in [0.4, 0.5) is 0 Å². The Bertz CT molecular complexity index is 1010. The van der Waals surface area contributed by atoms with Crippen LogP contribution in [0.25, 0.3) is 11.0 Å². The lowest BCUT2D eigenvalue weighted by Crippen LogP contribution is -2.24. The van der Waals surface area contributed by atoms with Crippen LogP contribution in [0.2, 0.25) is 5.02 Å². The predicted molar refractivity (Wildman–Crippen MR) is 98.8 cm³/mol. The van der Waals surface area contributed by atoms with Gasteiger partial charge >= 0.3 is 0 Å². The number of hydrogen-bond acceptors (Lipinski definition) is 4. The summed E-state index contributed by atoms with van der Waals surface area (Å²) in [5, 5.41) is 4.55. The van der Waals surface area contributed by atoms with Gasteiger partial charge in [-0.1, -0.05) is 17.7 Å². The quantitative estimate of drug-likeness (QED) is 0.743. The summed E-state index contributed by atoms with van der Waals surface area (Å²) in [5.74, 6) is 1.35. The van der Waals surface area contributed by atoms with Gasteiger partial charge in [0, 0.05) is 22.5 Å². The van der Waals surface area contributed by atoms with Gasteiger partial charge < -0.3 is 19.2 Å². The van der Waals surface area contributed by atoms with E-state index in [4.69, 9.17) is 25.5 Å². The first kappa shape index (κ1) is 16.8. The average Bonchev–Trinajstić information content (AvgIpc) is 3.24. The molecule has 1 aliphatic heterocycles. The van der Waals surface area contributed by atoms with Gasteiger partial charge in [0.1, 0.15) is 5.58 Å². The molecule has 3 aromatic rings. The molecular formula is C20H18ClNO4. The first-order valence-corrected chi connectivity index (χ1v) is 8.71. The number of amides is 1. The minimum absolute atomic E-state index is 0.0820. The highest BCUT2D eigenvalue weighted by atomic mass is 35.5. The maximum atomic E-state index is 12.4. The smallest absolute Gasteiger partial charge is 0.231 e. The van der Waals surface area contributed by atoms with Gasteiger partial charge in [-0.2, -0.15) is 0 Å². The molecule has 0 bridgehead atoms. The molecule has 0 aliphatic carbocycles. The molecule has 1 aliphatic rings. The summed E-state index contributed by atoms with van der Waals surface area (Å²) in [5.41, 5.74) is 4.44. The van der Waals surface area contributed by atoms with Crippen molar-refractivity contribution in [2.75, 3.05) is 6.79 Å². The van der Waals surface area contributed by atoms with Crippen LogP contribution >= 0.6 is 11.6 Å². The van der Waals surface area contributed by atoms with Crippen LogP contribution in [0.1, 0.15) is 22.3 Å². The van der Waals surface area contributed by atoms with E-state index in [1.807, 2.05) is 38.1 Å². The number of ether oxygens (including phenoxy) is 2. The highest BCUT2D eigenvalue weighted by Crippen LogP contribution is 2.33. The van der Waals surface area contributed by atoms with E-state index in [0.717, 1.165) is 39.0 Å². The normalized spacial score (nSPS) is 12.6. The predicted octanol–water partition coefficient (Wildman–Crippen LogP) is 4.29. The average molecular weight is 372 g/mol. The van der Waals surface area contributed by atoms with E-state index < -0.39 is 0 Å². The minimum atomic E-state index is -0.0820. The van der Waals surface area contributed by atoms with Crippen molar-refractivity contribution in [2.45, 2.75) is 26.8 Å². The first-order chi connectivity index (χ1) is 12.5. The fraction of sp³-hybridized carbons (Fsp3) is 0.250. The summed E-state index contributed by atoms with van der Waals surface area (Å²) in [7, 11) is 0. The van der Waals surface area contributed by atoms with Gasteiger partial charge in [-0.25, -0.2) is 0 Å². The number of benzene rings is 2. The van der Waals surface area contributed by atoms with Crippen LogP contribution in [0.15, 0.2) is 34.9 Å². The summed E-state index contributed by atoms with van der Waals surface area (Å²) in [6.45, 7) is 4.54. The number of nitrogens with one attached hydrogen (secondary N) is 1. The Balaban J connectivity index is 1.47. The number of halogens is 1. The largest absolute Gasteiger partial charge is 0.464 e. The van der Waals surface area contributed by atoms with Crippen LogP contribution in [-0.4, -0.2) is 12.7 Å². The van der Waals surface area contributed by atoms with E-state index in [-0.39, 0.29) is 19.1 Å². The standard InChI is InChI=1S/C20H18ClNO4/c1-11-5-17-19(12(2)20(11)21)14(9-24-17)7-18(23)22-8-13-3-4-15-16(6-13)26-10-25-15/h3-6,9H,7-8,10H2,1-2H3,(H,22,23). The van der Waals surface area contributed by atoms with Crippen LogP contribution < -0.4 is 14.8 Å². The number of aryl methyl sites for hydroxylation is 2. The lowest BCUT2D eigenvalue weighted by molar-refractivity contribution is -0.120. The molecular weight excluding hydrogens is 354 g/mol. The monoisotopic (exact) mass is 371 g/mol. The molecule has 1 aromatic heterocycles. The summed E-state index contributed by atoms with van der Waals surface area (Å²) in [6, 6.07) is 7.54. The van der Waals surface area contributed by atoms with Crippen LogP contribution in [0.3, 0.4) is 0 Å². The second-order valence-corrected chi connectivity index (χ2v) is 6.79. The third-order valence-electron chi connectivity index (χ3n) is 4.57. The van der Waals surface area contributed by atoms with Crippen molar-refractivity contribution in [3.05, 3.63) is 57.8 Å². The second kappa shape index (κ2) is 6.57. The molecule has 0 atom stereocenters. The van der Waals surface area contributed by atoms with Crippen LogP contribution in [-0.2, 0) is 17.8 Å². The zero-order valence-electron chi connectivity index (χ0n) is 14.5. The van der Waals surface area contributed by atoms with Gasteiger partial charge in [0.2, 0.25) is 12.7 Å². The summed E-state index contributed by atoms with van der Waals surface area (Å²) < 4.78 is 16.3. The molecule has 26 heavy (non-hydrogen) atoms. The van der Waals surface area contributed by atoms with Crippen molar-refractivity contribution in [1.82, 2.24) is 5.32 Å². The summed E-state index contributed by atoms with van der Waals surface area (Å²) in [6.07, 6.45) is 1.87. The van der Waals surface area contributed by atoms with Gasteiger partial charge in [0.05, 0.1) is 12.7 Å². The molecule has 0 fully saturated rings. The number of fused-ring (bicyclic) bond motifs is 2. The van der Waals surface area contributed by atoms with Gasteiger partial charge in [0.15, 0.2) is 11.5 Å². The lowest BCUT2D eigenvalue weighted by atomic mass is 10.0. The highest BCUT2D eigenvalue weighted by Gasteiger charge is 2.16. The number of hydrogen-bond donors (Lipinski definition) is 1. The maximum Gasteiger partial charge on any atom is 0.231 e. The summed E-state index contributed by atoms with van der Waals surface area (Å²) >= 11 is 6.35. The second-order valence-electron chi connectivity index (χ2n) is 6.41. The number of rotatable bonds is 4. The van der Waals surface area contributed by atoms with Crippen molar-refractivity contribution in [3.63, 3.8) is 0 Å². The van der Waals surface area contributed by atoms with E-state index in [9.17, 15) is 4.79 Å². The molecule has 6 heteroatoms. The SMILES string of the molecule is Cc1cc2occ(CC(=O)NCc3ccc4c(c3)OCO4)c2c(C)c1Cl. The molecule has 2 aromatic carbocycles. The molecule has 0 radical (unpaired) electrons. The van der Waals surface area contributed by atoms with Crippen molar-refractivity contribution in [3.8, 4) is 11.5 Å². The first-order valence-electron chi connectivity index (χ1n) is 8.34. The molecule has 1 N–H and O–H groups in total. The van der Waals surface area contributed by atoms with E-state index in [1.165, 1.54) is 0 Å². The highest BCUT2D eigenvalue weighted by molar-refractivity contribution is 6.33. The number of carbonyl (C=O) groups excluding carboxylic acids is 1. The Kier molecular flexibility index (Phi) is 4.24. The van der Waals surface area contributed by atoms with Crippen molar-refractivity contribution in [2.24, 2.45) is 0 Å². The zero-order valence-corrected chi connectivity index (χ0v) is 15.3. The molecule has 0 spiro atoms. The Hall–Kier alpha value is -2.66. The van der Waals surface area contributed by atoms with E-state index in [0.29, 0.717) is 17.3 Å². The van der Waals surface area contributed by atoms with Crippen LogP contribution in [0.5, 0.6) is 11.5 Å². The maximum absolute atomic E-state index is 12.4. The molecule has 0 saturated heterocycles. The van der Waals surface area contributed by atoms with Crippen molar-refractivity contribution < 1.29 is 18.7 Å². The topological polar surface area (TPSA) is 60.7 Å². The van der Waals surface area contributed by atoms with Gasteiger partial charge in [0.25, 0.3) is 0 Å². The Morgan fingerprint density at radius 2 is 2.00 bits per heavy atom. The van der Waals surface area contributed by atoms with Gasteiger partial charge in [-0.3, -0.25) is 4.79 Å². The van der Waals surface area contributed by atoms with E-state index in [2.05, 4.69) is 5.32 Å². The number of furan rings is 1. The van der Waals surface area contributed by atoms with Gasteiger partial charge in [-0.05, 0) is 48.7 Å². The van der Waals surface area contributed by atoms with Crippen molar-refractivity contribution >= 4 is 28.5 Å². The third kappa shape index (κ3) is 2.99. The Labute approximate surface area is 155 Å². The fourth-order valence-corrected chi connectivity index (χ4v) is 3.37. The zero-order chi connectivity index (χ0) is 18.3. The molecule has 2 heterocycles. The van der Waals surface area contributed by atoms with E-state index >= 15 is 0 Å². The Morgan fingerprint density at radius 1 is 1.19 bits per heavy atom. The molecule has 0 unspecified atom stereocenters. The van der Waals surface area contributed by atoms with E-state index in [1.54, 1.807) is 6.26 Å². The molecule has 1 amide bonds. The molecule has 134 valence electrons. The fourth-order valence-electron chi connectivity index (χ4n) is 3.23. The third-order valence-corrected chi connectivity index (χ3v) is 5.15. The lowest BCUT2D eigenvalue weighted by Gasteiger charge is -2.07. The molecule has 0 saturated carbocycles. The molecule has 5 nitrogen and oxygen atoms in total. The molecule has 4 rings (SSSR count). The van der Waals surface area contributed by atoms with Crippen LogP contribution in [0, 0.1) is 13.8 Å². The number of carbonyl (C=O) groups is 1. The Morgan fingerprint density at radius 3 is 2.85 bits per heavy atom. The van der Waals surface area contributed by atoms with Crippen molar-refractivity contribution in [1.29, 1.82) is 0 Å². The minimum Gasteiger partial charge on any atom is -0.464 e. The van der Waals surface area contributed by atoms with Gasteiger partial charge in [-0.15, -0.1) is 0 Å². The summed E-state index contributed by atoms with van der Waals surface area (Å²) in [4.78, 5) is 12.4.